The molecule has 3 heteroatoms. The van der Waals surface area contributed by atoms with Crippen LogP contribution in [0.15, 0.2) is 18.3 Å². The molecular formula is C14H25N3. The van der Waals surface area contributed by atoms with Crippen LogP contribution in [0.1, 0.15) is 38.4 Å². The van der Waals surface area contributed by atoms with E-state index < -0.39 is 0 Å². The molecule has 0 saturated heterocycles. The van der Waals surface area contributed by atoms with Crippen LogP contribution in [-0.4, -0.2) is 23.0 Å². The second kappa shape index (κ2) is 6.72. The highest BCUT2D eigenvalue weighted by Crippen LogP contribution is 2.14. The predicted molar refractivity (Wildman–Crippen MR) is 72.5 cm³/mol. The molecule has 0 saturated carbocycles. The van der Waals surface area contributed by atoms with E-state index in [2.05, 4.69) is 43.8 Å². The van der Waals surface area contributed by atoms with Crippen LogP contribution in [0.4, 0.5) is 0 Å². The van der Waals surface area contributed by atoms with Crippen molar-refractivity contribution in [3.8, 4) is 0 Å². The molecule has 2 N–H and O–H groups in total. The summed E-state index contributed by atoms with van der Waals surface area (Å²) in [6.45, 7) is 8.24. The third-order valence-electron chi connectivity index (χ3n) is 3.16. The van der Waals surface area contributed by atoms with E-state index in [1.165, 1.54) is 12.0 Å². The van der Waals surface area contributed by atoms with Crippen molar-refractivity contribution in [1.82, 2.24) is 9.88 Å². The van der Waals surface area contributed by atoms with Gasteiger partial charge < -0.3 is 5.73 Å². The summed E-state index contributed by atoms with van der Waals surface area (Å²) in [5.74, 6) is 0.732. The molecule has 1 rings (SSSR count). The lowest BCUT2D eigenvalue weighted by molar-refractivity contribution is 0.220. The molecule has 3 nitrogen and oxygen atoms in total. The number of nitrogens with zero attached hydrogens (tertiary/aromatic N) is 2. The number of hydrogen-bond donors (Lipinski definition) is 1. The van der Waals surface area contributed by atoms with Crippen molar-refractivity contribution < 1.29 is 0 Å². The molecule has 0 spiro atoms. The first-order valence-corrected chi connectivity index (χ1v) is 6.37. The Morgan fingerprint density at radius 2 is 2.06 bits per heavy atom. The molecule has 0 aliphatic rings. The van der Waals surface area contributed by atoms with Gasteiger partial charge in [-0.25, -0.2) is 0 Å². The van der Waals surface area contributed by atoms with Gasteiger partial charge in [0.2, 0.25) is 0 Å². The second-order valence-corrected chi connectivity index (χ2v) is 5.21. The molecule has 0 fully saturated rings. The average Bonchev–Trinajstić information content (AvgIpc) is 2.28. The number of aromatic nitrogens is 1. The Labute approximate surface area is 105 Å². The molecule has 1 atom stereocenters. The smallest absolute Gasteiger partial charge is 0.0584 e. The average molecular weight is 235 g/mol. The Kier molecular flexibility index (Phi) is 5.59. The molecule has 1 heterocycles. The first kappa shape index (κ1) is 14.1. The zero-order chi connectivity index (χ0) is 12.8. The summed E-state index contributed by atoms with van der Waals surface area (Å²) in [6, 6.07) is 4.68. The van der Waals surface area contributed by atoms with E-state index in [-0.39, 0.29) is 0 Å². The topological polar surface area (TPSA) is 42.2 Å². The standard InChI is InChI=1S/C14H25N3/c1-11(2)8-12(3)17(4)10-13-6-5-7-16-14(13)9-15/h5-7,11-12H,8-10,15H2,1-4H3. The molecule has 0 aromatic carbocycles. The summed E-state index contributed by atoms with van der Waals surface area (Å²) in [5.41, 5.74) is 7.96. The second-order valence-electron chi connectivity index (χ2n) is 5.21. The molecule has 17 heavy (non-hydrogen) atoms. The fourth-order valence-corrected chi connectivity index (χ4v) is 2.09. The summed E-state index contributed by atoms with van der Waals surface area (Å²) in [5, 5.41) is 0. The van der Waals surface area contributed by atoms with Crippen molar-refractivity contribution in [2.45, 2.75) is 46.3 Å². The van der Waals surface area contributed by atoms with Crippen molar-refractivity contribution in [2.75, 3.05) is 7.05 Å². The predicted octanol–water partition coefficient (Wildman–Crippen LogP) is 2.41. The maximum atomic E-state index is 5.70. The summed E-state index contributed by atoms with van der Waals surface area (Å²) in [7, 11) is 2.17. The minimum Gasteiger partial charge on any atom is -0.325 e. The molecule has 0 aliphatic carbocycles. The van der Waals surface area contributed by atoms with E-state index in [9.17, 15) is 0 Å². The first-order valence-electron chi connectivity index (χ1n) is 6.37. The highest BCUT2D eigenvalue weighted by Gasteiger charge is 2.12. The lowest BCUT2D eigenvalue weighted by Gasteiger charge is -2.26. The first-order chi connectivity index (χ1) is 8.04. The summed E-state index contributed by atoms with van der Waals surface area (Å²) in [6.07, 6.45) is 3.03. The molecule has 0 aliphatic heterocycles. The normalized spacial score (nSPS) is 13.4. The van der Waals surface area contributed by atoms with Gasteiger partial charge in [0.15, 0.2) is 0 Å². The summed E-state index contributed by atoms with van der Waals surface area (Å²) >= 11 is 0. The Balaban J connectivity index is 2.63. The molecule has 0 amide bonds. The molecule has 0 bridgehead atoms. The van der Waals surface area contributed by atoms with Crippen LogP contribution in [0.2, 0.25) is 0 Å². The fraction of sp³-hybridized carbons (Fsp3) is 0.643. The highest BCUT2D eigenvalue weighted by molar-refractivity contribution is 5.19. The van der Waals surface area contributed by atoms with Crippen LogP contribution in [0.5, 0.6) is 0 Å². The molecule has 1 aromatic rings. The van der Waals surface area contributed by atoms with Crippen molar-refractivity contribution in [3.63, 3.8) is 0 Å². The van der Waals surface area contributed by atoms with Gasteiger partial charge in [0.25, 0.3) is 0 Å². The van der Waals surface area contributed by atoms with Gasteiger partial charge in [0.1, 0.15) is 0 Å². The number of hydrogen-bond acceptors (Lipinski definition) is 3. The lowest BCUT2D eigenvalue weighted by Crippen LogP contribution is -2.30. The SMILES string of the molecule is CC(C)CC(C)N(C)Cc1cccnc1CN. The van der Waals surface area contributed by atoms with Gasteiger partial charge in [-0.2, -0.15) is 0 Å². The Hall–Kier alpha value is -0.930. The van der Waals surface area contributed by atoms with E-state index in [0.717, 1.165) is 18.2 Å². The van der Waals surface area contributed by atoms with Gasteiger partial charge in [-0.3, -0.25) is 9.88 Å². The highest BCUT2D eigenvalue weighted by atomic mass is 15.1. The van der Waals surface area contributed by atoms with E-state index in [1.54, 1.807) is 0 Å². The fourth-order valence-electron chi connectivity index (χ4n) is 2.09. The van der Waals surface area contributed by atoms with Crippen LogP contribution < -0.4 is 5.73 Å². The quantitative estimate of drug-likeness (QED) is 0.823. The van der Waals surface area contributed by atoms with Gasteiger partial charge in [-0.15, -0.1) is 0 Å². The Morgan fingerprint density at radius 3 is 2.65 bits per heavy atom. The number of nitrogens with two attached hydrogens (primary N) is 1. The van der Waals surface area contributed by atoms with Crippen molar-refractivity contribution in [1.29, 1.82) is 0 Å². The number of pyridine rings is 1. The lowest BCUT2D eigenvalue weighted by atomic mass is 10.0. The van der Waals surface area contributed by atoms with Gasteiger partial charge >= 0.3 is 0 Å². The van der Waals surface area contributed by atoms with Crippen LogP contribution in [0.3, 0.4) is 0 Å². The zero-order valence-corrected chi connectivity index (χ0v) is 11.5. The van der Waals surface area contributed by atoms with Crippen LogP contribution in [0, 0.1) is 5.92 Å². The van der Waals surface area contributed by atoms with Gasteiger partial charge in [-0.1, -0.05) is 19.9 Å². The van der Waals surface area contributed by atoms with Gasteiger partial charge in [0, 0.05) is 25.3 Å². The van der Waals surface area contributed by atoms with Crippen LogP contribution in [0.25, 0.3) is 0 Å². The van der Waals surface area contributed by atoms with Crippen molar-refractivity contribution in [2.24, 2.45) is 11.7 Å². The van der Waals surface area contributed by atoms with Crippen molar-refractivity contribution in [3.05, 3.63) is 29.6 Å². The third-order valence-corrected chi connectivity index (χ3v) is 3.16. The van der Waals surface area contributed by atoms with Crippen LogP contribution >= 0.6 is 0 Å². The minimum absolute atomic E-state index is 0.516. The van der Waals surface area contributed by atoms with E-state index in [4.69, 9.17) is 5.73 Å². The monoisotopic (exact) mass is 235 g/mol. The van der Waals surface area contributed by atoms with Gasteiger partial charge in [-0.05, 0) is 37.9 Å². The summed E-state index contributed by atoms with van der Waals surface area (Å²) in [4.78, 5) is 6.69. The maximum absolute atomic E-state index is 5.70. The van der Waals surface area contributed by atoms with E-state index in [0.29, 0.717) is 12.6 Å². The zero-order valence-electron chi connectivity index (χ0n) is 11.5. The molecule has 0 radical (unpaired) electrons. The van der Waals surface area contributed by atoms with E-state index in [1.807, 2.05) is 12.3 Å². The van der Waals surface area contributed by atoms with Crippen LogP contribution in [-0.2, 0) is 13.1 Å². The molecule has 96 valence electrons. The largest absolute Gasteiger partial charge is 0.325 e. The Bertz CT molecular complexity index is 336. The molecule has 1 aromatic heterocycles. The maximum Gasteiger partial charge on any atom is 0.0584 e. The van der Waals surface area contributed by atoms with Crippen molar-refractivity contribution >= 4 is 0 Å². The number of rotatable bonds is 6. The third kappa shape index (κ3) is 4.44. The van der Waals surface area contributed by atoms with Gasteiger partial charge in [0.05, 0.1) is 5.69 Å². The Morgan fingerprint density at radius 1 is 1.35 bits per heavy atom. The minimum atomic E-state index is 0.516. The van der Waals surface area contributed by atoms with E-state index >= 15 is 0 Å². The molecular weight excluding hydrogens is 210 g/mol. The molecule has 1 unspecified atom stereocenters. The summed E-state index contributed by atoms with van der Waals surface area (Å²) < 4.78 is 0.